The summed E-state index contributed by atoms with van der Waals surface area (Å²) in [6, 6.07) is 7.88. The van der Waals surface area contributed by atoms with E-state index in [1.54, 1.807) is 0 Å². The zero-order valence-electron chi connectivity index (χ0n) is 11.7. The Kier molecular flexibility index (Phi) is 3.55. The molecule has 9 heteroatoms. The Hall–Kier alpha value is -3.23. The minimum atomic E-state index is -4.56. The number of non-ortho nitro benzene ring substituents is 1. The first-order valence-electron chi connectivity index (χ1n) is 6.53. The van der Waals surface area contributed by atoms with Crippen LogP contribution in [0.2, 0.25) is 0 Å². The Balaban J connectivity index is 2.23. The van der Waals surface area contributed by atoms with E-state index >= 15 is 0 Å². The Morgan fingerprint density at radius 2 is 1.83 bits per heavy atom. The molecule has 0 aliphatic rings. The molecule has 1 aromatic heterocycles. The number of fused-ring (bicyclic) bond motifs is 1. The van der Waals surface area contributed by atoms with Gasteiger partial charge in [-0.05, 0) is 24.3 Å². The zero-order chi connectivity index (χ0) is 17.5. The molecule has 122 valence electrons. The van der Waals surface area contributed by atoms with E-state index in [4.69, 9.17) is 4.42 Å². The van der Waals surface area contributed by atoms with Crippen molar-refractivity contribution in [3.8, 4) is 11.5 Å². The van der Waals surface area contributed by atoms with Crippen molar-refractivity contribution in [3.05, 3.63) is 68.6 Å². The highest BCUT2D eigenvalue weighted by atomic mass is 19.4. The third-order valence-corrected chi connectivity index (χ3v) is 3.27. The molecule has 0 spiro atoms. The van der Waals surface area contributed by atoms with Gasteiger partial charge in [-0.25, -0.2) is 9.78 Å². The van der Waals surface area contributed by atoms with Crippen LogP contribution in [0, 0.1) is 10.1 Å². The third-order valence-electron chi connectivity index (χ3n) is 3.27. The summed E-state index contributed by atoms with van der Waals surface area (Å²) in [7, 11) is 0. The van der Waals surface area contributed by atoms with Gasteiger partial charge < -0.3 is 4.42 Å². The lowest BCUT2D eigenvalue weighted by Gasteiger charge is -2.08. The van der Waals surface area contributed by atoms with Gasteiger partial charge in [-0.1, -0.05) is 12.1 Å². The van der Waals surface area contributed by atoms with E-state index in [9.17, 15) is 28.1 Å². The maximum absolute atomic E-state index is 12.8. The van der Waals surface area contributed by atoms with Gasteiger partial charge in [0.2, 0.25) is 5.89 Å². The van der Waals surface area contributed by atoms with E-state index in [1.807, 2.05) is 0 Å². The second kappa shape index (κ2) is 5.44. The molecular formula is C15H7F3N2O4. The van der Waals surface area contributed by atoms with Crippen LogP contribution in [0.4, 0.5) is 18.9 Å². The van der Waals surface area contributed by atoms with Crippen molar-refractivity contribution >= 4 is 16.6 Å². The zero-order valence-corrected chi connectivity index (χ0v) is 11.7. The monoisotopic (exact) mass is 336 g/mol. The molecule has 0 bridgehead atoms. The van der Waals surface area contributed by atoms with Crippen molar-refractivity contribution in [1.29, 1.82) is 0 Å². The molecular weight excluding hydrogens is 329 g/mol. The molecule has 1 heterocycles. The second-order valence-corrected chi connectivity index (χ2v) is 4.81. The van der Waals surface area contributed by atoms with Crippen molar-refractivity contribution in [1.82, 2.24) is 4.98 Å². The number of halogens is 3. The first-order valence-corrected chi connectivity index (χ1v) is 6.53. The summed E-state index contributed by atoms with van der Waals surface area (Å²) in [6.45, 7) is 0. The quantitative estimate of drug-likeness (QED) is 0.525. The maximum Gasteiger partial charge on any atom is 0.416 e. The lowest BCUT2D eigenvalue weighted by molar-refractivity contribution is -0.383. The van der Waals surface area contributed by atoms with Crippen LogP contribution in [-0.2, 0) is 6.18 Å². The van der Waals surface area contributed by atoms with E-state index in [-0.39, 0.29) is 22.4 Å². The lowest BCUT2D eigenvalue weighted by atomic mass is 10.1. The molecule has 0 aliphatic heterocycles. The van der Waals surface area contributed by atoms with Crippen LogP contribution < -0.4 is 5.63 Å². The molecule has 0 atom stereocenters. The smallest absolute Gasteiger partial charge is 0.403 e. The highest BCUT2D eigenvalue weighted by Crippen LogP contribution is 2.32. The van der Waals surface area contributed by atoms with E-state index in [2.05, 4.69) is 4.98 Å². The van der Waals surface area contributed by atoms with E-state index in [0.29, 0.717) is 0 Å². The molecule has 0 saturated heterocycles. The maximum atomic E-state index is 12.8. The molecule has 2 aromatic carbocycles. The van der Waals surface area contributed by atoms with Crippen LogP contribution in [0.5, 0.6) is 0 Å². The first-order chi connectivity index (χ1) is 11.3. The summed E-state index contributed by atoms with van der Waals surface area (Å²) < 4.78 is 43.2. The number of nitro groups is 1. The Bertz CT molecular complexity index is 1010. The average Bonchev–Trinajstić information content (AvgIpc) is 2.53. The predicted molar refractivity (Wildman–Crippen MR) is 77.4 cm³/mol. The summed E-state index contributed by atoms with van der Waals surface area (Å²) >= 11 is 0. The van der Waals surface area contributed by atoms with Crippen LogP contribution in [-0.4, -0.2) is 9.91 Å². The summed E-state index contributed by atoms with van der Waals surface area (Å²) in [4.78, 5) is 26.2. The van der Waals surface area contributed by atoms with Gasteiger partial charge in [0.1, 0.15) is 0 Å². The Morgan fingerprint density at radius 3 is 2.50 bits per heavy atom. The molecule has 3 aromatic rings. The van der Waals surface area contributed by atoms with Gasteiger partial charge in [0.25, 0.3) is 5.69 Å². The van der Waals surface area contributed by atoms with Gasteiger partial charge in [0, 0.05) is 11.6 Å². The Morgan fingerprint density at radius 1 is 1.12 bits per heavy atom. The van der Waals surface area contributed by atoms with Crippen LogP contribution in [0.25, 0.3) is 22.4 Å². The predicted octanol–water partition coefficient (Wildman–Crippen LogP) is 3.78. The number of aromatic nitrogens is 1. The highest BCUT2D eigenvalue weighted by Gasteiger charge is 2.31. The molecule has 24 heavy (non-hydrogen) atoms. The molecule has 0 fully saturated rings. The molecule has 6 nitrogen and oxygen atoms in total. The largest absolute Gasteiger partial charge is 0.416 e. The van der Waals surface area contributed by atoms with E-state index < -0.39 is 28.0 Å². The standard InChI is InChI=1S/C15H7F3N2O4/c16-15(17,18)9-4-1-3-8(7-9)13-19-10-5-2-6-11(20(22)23)12(10)14(21)24-13/h1-7H. The highest BCUT2D eigenvalue weighted by molar-refractivity contribution is 5.87. The van der Waals surface area contributed by atoms with Crippen LogP contribution >= 0.6 is 0 Å². The Labute approximate surface area is 131 Å². The molecule has 0 amide bonds. The first kappa shape index (κ1) is 15.7. The SMILES string of the molecule is O=c1oc(-c2cccc(C(F)(F)F)c2)nc2cccc([N+](=O)[O-])c12. The minimum absolute atomic E-state index is 0.0344. The number of benzene rings is 2. The number of rotatable bonds is 2. The number of hydrogen-bond donors (Lipinski definition) is 0. The summed E-state index contributed by atoms with van der Waals surface area (Å²) in [5, 5.41) is 10.6. The third kappa shape index (κ3) is 2.71. The van der Waals surface area contributed by atoms with Gasteiger partial charge in [-0.3, -0.25) is 10.1 Å². The van der Waals surface area contributed by atoms with Gasteiger partial charge in [-0.15, -0.1) is 0 Å². The molecule has 3 rings (SSSR count). The molecule has 0 N–H and O–H groups in total. The van der Waals surface area contributed by atoms with Crippen molar-refractivity contribution in [2.24, 2.45) is 0 Å². The topological polar surface area (TPSA) is 86.2 Å². The van der Waals surface area contributed by atoms with Crippen molar-refractivity contribution < 1.29 is 22.5 Å². The average molecular weight is 336 g/mol. The van der Waals surface area contributed by atoms with E-state index in [0.717, 1.165) is 24.3 Å². The number of alkyl halides is 3. The normalized spacial score (nSPS) is 11.6. The summed E-state index contributed by atoms with van der Waals surface area (Å²) in [6.07, 6.45) is -4.56. The van der Waals surface area contributed by atoms with E-state index in [1.165, 1.54) is 18.2 Å². The molecule has 0 aliphatic carbocycles. The fourth-order valence-corrected chi connectivity index (χ4v) is 2.21. The molecule has 0 radical (unpaired) electrons. The number of nitrogens with zero attached hydrogens (tertiary/aromatic N) is 2. The van der Waals surface area contributed by atoms with Gasteiger partial charge in [0.05, 0.1) is 16.0 Å². The second-order valence-electron chi connectivity index (χ2n) is 4.81. The van der Waals surface area contributed by atoms with Crippen LogP contribution in [0.1, 0.15) is 5.56 Å². The lowest BCUT2D eigenvalue weighted by Crippen LogP contribution is -2.07. The molecule has 0 unspecified atom stereocenters. The number of hydrogen-bond acceptors (Lipinski definition) is 5. The van der Waals surface area contributed by atoms with Crippen molar-refractivity contribution in [2.75, 3.05) is 0 Å². The van der Waals surface area contributed by atoms with Crippen molar-refractivity contribution in [3.63, 3.8) is 0 Å². The fourth-order valence-electron chi connectivity index (χ4n) is 2.21. The van der Waals surface area contributed by atoms with Crippen LogP contribution in [0.3, 0.4) is 0 Å². The minimum Gasteiger partial charge on any atom is -0.403 e. The summed E-state index contributed by atoms with van der Waals surface area (Å²) in [5.74, 6) is -0.348. The molecule has 0 saturated carbocycles. The fraction of sp³-hybridized carbons (Fsp3) is 0.0667. The van der Waals surface area contributed by atoms with Gasteiger partial charge in [-0.2, -0.15) is 13.2 Å². The van der Waals surface area contributed by atoms with Crippen LogP contribution in [0.15, 0.2) is 51.7 Å². The van der Waals surface area contributed by atoms with Gasteiger partial charge >= 0.3 is 11.8 Å². The van der Waals surface area contributed by atoms with Gasteiger partial charge in [0.15, 0.2) is 5.39 Å². The number of nitro benzene ring substituents is 1. The summed E-state index contributed by atoms with van der Waals surface area (Å²) in [5.41, 5.74) is -2.55. The van der Waals surface area contributed by atoms with Crippen molar-refractivity contribution in [2.45, 2.75) is 6.18 Å².